The van der Waals surface area contributed by atoms with Gasteiger partial charge < -0.3 is 9.73 Å². The second kappa shape index (κ2) is 4.47. The van der Waals surface area contributed by atoms with E-state index in [2.05, 4.69) is 18.0 Å². The SMILES string of the molecule is C=CC[C@H]1C[C@H](c2ccco2)CCN1. The monoisotopic (exact) mass is 191 g/mol. The molecular formula is C12H17NO. The van der Waals surface area contributed by atoms with Gasteiger partial charge in [0.05, 0.1) is 6.26 Å². The van der Waals surface area contributed by atoms with Crippen molar-refractivity contribution in [2.45, 2.75) is 31.2 Å². The number of piperidine rings is 1. The van der Waals surface area contributed by atoms with Gasteiger partial charge in [0.1, 0.15) is 5.76 Å². The van der Waals surface area contributed by atoms with Crippen LogP contribution in [0.3, 0.4) is 0 Å². The molecule has 1 fully saturated rings. The van der Waals surface area contributed by atoms with Crippen LogP contribution in [0.25, 0.3) is 0 Å². The van der Waals surface area contributed by atoms with Crippen molar-refractivity contribution in [3.63, 3.8) is 0 Å². The Morgan fingerprint density at radius 1 is 1.64 bits per heavy atom. The van der Waals surface area contributed by atoms with Gasteiger partial charge in [0, 0.05) is 12.0 Å². The molecule has 0 aromatic carbocycles. The van der Waals surface area contributed by atoms with Crippen molar-refractivity contribution in [1.29, 1.82) is 0 Å². The molecule has 0 unspecified atom stereocenters. The Bertz CT molecular complexity index is 279. The summed E-state index contributed by atoms with van der Waals surface area (Å²) in [6, 6.07) is 4.64. The Morgan fingerprint density at radius 3 is 3.29 bits per heavy atom. The highest BCUT2D eigenvalue weighted by Gasteiger charge is 2.23. The molecule has 14 heavy (non-hydrogen) atoms. The highest BCUT2D eigenvalue weighted by molar-refractivity contribution is 5.07. The standard InChI is InChI=1S/C12H17NO/c1-2-4-11-9-10(6-7-13-11)12-5-3-8-14-12/h2-3,5,8,10-11,13H,1,4,6-7,9H2/t10-,11+/m1/s1. The first-order valence-electron chi connectivity index (χ1n) is 5.28. The average molecular weight is 191 g/mol. The van der Waals surface area contributed by atoms with E-state index in [9.17, 15) is 0 Å². The first-order chi connectivity index (χ1) is 6.90. The summed E-state index contributed by atoms with van der Waals surface area (Å²) >= 11 is 0. The lowest BCUT2D eigenvalue weighted by molar-refractivity contribution is 0.326. The van der Waals surface area contributed by atoms with Crippen molar-refractivity contribution in [3.8, 4) is 0 Å². The van der Waals surface area contributed by atoms with E-state index in [0.29, 0.717) is 12.0 Å². The van der Waals surface area contributed by atoms with Gasteiger partial charge in [-0.1, -0.05) is 6.08 Å². The van der Waals surface area contributed by atoms with Crippen molar-refractivity contribution in [2.24, 2.45) is 0 Å². The second-order valence-corrected chi connectivity index (χ2v) is 3.91. The van der Waals surface area contributed by atoms with Gasteiger partial charge in [-0.05, 0) is 37.9 Å². The molecule has 1 aliphatic heterocycles. The molecule has 0 aliphatic carbocycles. The molecule has 76 valence electrons. The molecule has 2 heterocycles. The number of rotatable bonds is 3. The van der Waals surface area contributed by atoms with Crippen molar-refractivity contribution in [1.82, 2.24) is 5.32 Å². The fraction of sp³-hybridized carbons (Fsp3) is 0.500. The highest BCUT2D eigenvalue weighted by Crippen LogP contribution is 2.28. The van der Waals surface area contributed by atoms with Crippen molar-refractivity contribution in [3.05, 3.63) is 36.8 Å². The predicted molar refractivity (Wildman–Crippen MR) is 57.3 cm³/mol. The van der Waals surface area contributed by atoms with Crippen LogP contribution in [0.4, 0.5) is 0 Å². The second-order valence-electron chi connectivity index (χ2n) is 3.91. The van der Waals surface area contributed by atoms with Crippen molar-refractivity contribution < 1.29 is 4.42 Å². The van der Waals surface area contributed by atoms with Gasteiger partial charge in [0.15, 0.2) is 0 Å². The Hall–Kier alpha value is -1.02. The normalized spacial score (nSPS) is 27.4. The van der Waals surface area contributed by atoms with Gasteiger partial charge >= 0.3 is 0 Å². The van der Waals surface area contributed by atoms with E-state index in [1.807, 2.05) is 12.1 Å². The number of hydrogen-bond donors (Lipinski definition) is 1. The third-order valence-electron chi connectivity index (χ3n) is 2.89. The summed E-state index contributed by atoms with van der Waals surface area (Å²) in [6.45, 7) is 4.87. The molecule has 1 aromatic rings. The topological polar surface area (TPSA) is 25.2 Å². The molecule has 2 rings (SSSR count). The Labute approximate surface area is 85.0 Å². The minimum Gasteiger partial charge on any atom is -0.469 e. The summed E-state index contributed by atoms with van der Waals surface area (Å²) in [7, 11) is 0. The summed E-state index contributed by atoms with van der Waals surface area (Å²) in [5.41, 5.74) is 0. The Morgan fingerprint density at radius 2 is 2.57 bits per heavy atom. The smallest absolute Gasteiger partial charge is 0.106 e. The van der Waals surface area contributed by atoms with Crippen LogP contribution in [0.1, 0.15) is 30.9 Å². The molecule has 2 heteroatoms. The maximum atomic E-state index is 5.45. The van der Waals surface area contributed by atoms with Crippen molar-refractivity contribution >= 4 is 0 Å². The van der Waals surface area contributed by atoms with Crippen LogP contribution in [0, 0.1) is 0 Å². The Kier molecular flexibility index (Phi) is 3.04. The molecular weight excluding hydrogens is 174 g/mol. The Balaban J connectivity index is 1.97. The van der Waals surface area contributed by atoms with Crippen LogP contribution in [-0.4, -0.2) is 12.6 Å². The maximum absolute atomic E-state index is 5.45. The molecule has 2 atom stereocenters. The van der Waals surface area contributed by atoms with E-state index in [-0.39, 0.29) is 0 Å². The van der Waals surface area contributed by atoms with Crippen LogP contribution in [-0.2, 0) is 0 Å². The fourth-order valence-corrected chi connectivity index (χ4v) is 2.17. The van der Waals surface area contributed by atoms with Gasteiger partial charge in [0.25, 0.3) is 0 Å². The number of furan rings is 1. The molecule has 0 radical (unpaired) electrons. The first kappa shape index (κ1) is 9.53. The summed E-state index contributed by atoms with van der Waals surface area (Å²) in [5.74, 6) is 1.73. The van der Waals surface area contributed by atoms with E-state index in [1.165, 1.54) is 12.8 Å². The lowest BCUT2D eigenvalue weighted by Crippen LogP contribution is -2.36. The van der Waals surface area contributed by atoms with Crippen LogP contribution in [0.5, 0.6) is 0 Å². The highest BCUT2D eigenvalue weighted by atomic mass is 16.3. The molecule has 0 amide bonds. The van der Waals surface area contributed by atoms with E-state index >= 15 is 0 Å². The van der Waals surface area contributed by atoms with Gasteiger partial charge in [-0.25, -0.2) is 0 Å². The summed E-state index contributed by atoms with van der Waals surface area (Å²) in [6.07, 6.45) is 7.15. The van der Waals surface area contributed by atoms with Crippen LogP contribution in [0.2, 0.25) is 0 Å². The van der Waals surface area contributed by atoms with E-state index in [1.54, 1.807) is 6.26 Å². The summed E-state index contributed by atoms with van der Waals surface area (Å²) in [4.78, 5) is 0. The van der Waals surface area contributed by atoms with E-state index in [0.717, 1.165) is 18.7 Å². The van der Waals surface area contributed by atoms with E-state index in [4.69, 9.17) is 4.42 Å². The molecule has 0 spiro atoms. The van der Waals surface area contributed by atoms with Crippen LogP contribution >= 0.6 is 0 Å². The molecule has 1 saturated heterocycles. The minimum atomic E-state index is 0.580. The summed E-state index contributed by atoms with van der Waals surface area (Å²) < 4.78 is 5.45. The molecule has 1 N–H and O–H groups in total. The van der Waals surface area contributed by atoms with Gasteiger partial charge in [-0.2, -0.15) is 0 Å². The summed E-state index contributed by atoms with van der Waals surface area (Å²) in [5, 5.41) is 3.50. The molecule has 0 bridgehead atoms. The zero-order chi connectivity index (χ0) is 9.80. The van der Waals surface area contributed by atoms with Crippen molar-refractivity contribution in [2.75, 3.05) is 6.54 Å². The number of hydrogen-bond acceptors (Lipinski definition) is 2. The van der Waals surface area contributed by atoms with Gasteiger partial charge in [-0.15, -0.1) is 6.58 Å². The minimum absolute atomic E-state index is 0.580. The van der Waals surface area contributed by atoms with Gasteiger partial charge in [0.2, 0.25) is 0 Å². The quantitative estimate of drug-likeness (QED) is 0.743. The van der Waals surface area contributed by atoms with E-state index < -0.39 is 0 Å². The third kappa shape index (κ3) is 2.07. The average Bonchev–Trinajstić information content (AvgIpc) is 2.71. The molecule has 2 nitrogen and oxygen atoms in total. The molecule has 0 saturated carbocycles. The molecule has 1 aromatic heterocycles. The fourth-order valence-electron chi connectivity index (χ4n) is 2.17. The maximum Gasteiger partial charge on any atom is 0.106 e. The van der Waals surface area contributed by atoms with Gasteiger partial charge in [-0.3, -0.25) is 0 Å². The largest absolute Gasteiger partial charge is 0.469 e. The predicted octanol–water partition coefficient (Wildman–Crippen LogP) is 2.69. The zero-order valence-corrected chi connectivity index (χ0v) is 8.41. The van der Waals surface area contributed by atoms with Crippen LogP contribution in [0.15, 0.2) is 35.5 Å². The first-order valence-corrected chi connectivity index (χ1v) is 5.28. The van der Waals surface area contributed by atoms with Crippen LogP contribution < -0.4 is 5.32 Å². The number of nitrogens with one attached hydrogen (secondary N) is 1. The lowest BCUT2D eigenvalue weighted by atomic mass is 9.89. The molecule has 1 aliphatic rings. The zero-order valence-electron chi connectivity index (χ0n) is 8.41. The third-order valence-corrected chi connectivity index (χ3v) is 2.89. The lowest BCUT2D eigenvalue weighted by Gasteiger charge is -2.28.